The van der Waals surface area contributed by atoms with E-state index in [1.165, 1.54) is 36.8 Å². The summed E-state index contributed by atoms with van der Waals surface area (Å²) in [7, 11) is 0. The van der Waals surface area contributed by atoms with Crippen molar-refractivity contribution in [3.63, 3.8) is 0 Å². The van der Waals surface area contributed by atoms with Crippen molar-refractivity contribution in [1.82, 2.24) is 10.6 Å². The molecule has 0 spiro atoms. The van der Waals surface area contributed by atoms with Gasteiger partial charge in [0.05, 0.1) is 0 Å². The van der Waals surface area contributed by atoms with Crippen LogP contribution in [0.4, 0.5) is 0 Å². The molecule has 1 amide bonds. The third-order valence-electron chi connectivity index (χ3n) is 5.07. The lowest BCUT2D eigenvalue weighted by Crippen LogP contribution is -2.33. The molecule has 0 saturated heterocycles. The summed E-state index contributed by atoms with van der Waals surface area (Å²) in [6.45, 7) is 5.03. The summed E-state index contributed by atoms with van der Waals surface area (Å²) in [5.74, 6) is 1.66. The maximum atomic E-state index is 12.5. The predicted octanol–water partition coefficient (Wildman–Crippen LogP) is 2.89. The summed E-state index contributed by atoms with van der Waals surface area (Å²) in [6.07, 6.45) is 6.11. The Morgan fingerprint density at radius 1 is 1.29 bits per heavy atom. The second kappa shape index (κ2) is 6.61. The lowest BCUT2D eigenvalue weighted by molar-refractivity contribution is 0.0940. The minimum atomic E-state index is 0.118. The van der Waals surface area contributed by atoms with Gasteiger partial charge in [-0.05, 0) is 54.8 Å². The van der Waals surface area contributed by atoms with Crippen molar-refractivity contribution >= 4 is 5.91 Å². The number of hydrogen-bond donors (Lipinski definition) is 2. The smallest absolute Gasteiger partial charge is 0.251 e. The van der Waals surface area contributed by atoms with Gasteiger partial charge in [-0.3, -0.25) is 4.79 Å². The molecule has 1 aliphatic carbocycles. The normalized spacial score (nSPS) is 25.2. The number of carbonyl (C=O) groups is 1. The predicted molar refractivity (Wildman–Crippen MR) is 85.3 cm³/mol. The van der Waals surface area contributed by atoms with Gasteiger partial charge in [0, 0.05) is 18.7 Å². The van der Waals surface area contributed by atoms with Gasteiger partial charge in [0.25, 0.3) is 5.91 Å². The number of benzene rings is 1. The molecule has 1 aliphatic heterocycles. The second-order valence-electron chi connectivity index (χ2n) is 6.71. The second-order valence-corrected chi connectivity index (χ2v) is 6.71. The van der Waals surface area contributed by atoms with Crippen molar-refractivity contribution < 1.29 is 4.79 Å². The van der Waals surface area contributed by atoms with E-state index in [2.05, 4.69) is 23.6 Å². The molecule has 0 aromatic heterocycles. The average Bonchev–Trinajstić information content (AvgIpc) is 2.53. The summed E-state index contributed by atoms with van der Waals surface area (Å²) in [6, 6.07) is 6.10. The molecule has 0 radical (unpaired) electrons. The van der Waals surface area contributed by atoms with Crippen molar-refractivity contribution in [3.8, 4) is 0 Å². The van der Waals surface area contributed by atoms with Crippen molar-refractivity contribution in [1.29, 1.82) is 0 Å². The first-order valence-corrected chi connectivity index (χ1v) is 8.33. The molecule has 1 aromatic carbocycles. The maximum Gasteiger partial charge on any atom is 0.251 e. The fourth-order valence-electron chi connectivity index (χ4n) is 3.61. The van der Waals surface area contributed by atoms with Gasteiger partial charge in [0.1, 0.15) is 0 Å². The van der Waals surface area contributed by atoms with Gasteiger partial charge in [0.2, 0.25) is 0 Å². The Labute approximate surface area is 127 Å². The highest BCUT2D eigenvalue weighted by Crippen LogP contribution is 2.27. The molecule has 3 rings (SSSR count). The Morgan fingerprint density at radius 3 is 2.90 bits per heavy atom. The maximum absolute atomic E-state index is 12.5. The van der Waals surface area contributed by atoms with E-state index in [9.17, 15) is 4.79 Å². The van der Waals surface area contributed by atoms with E-state index in [-0.39, 0.29) is 5.91 Å². The molecule has 1 saturated carbocycles. The quantitative estimate of drug-likeness (QED) is 0.897. The molecular formula is C18H26N2O. The topological polar surface area (TPSA) is 41.1 Å². The van der Waals surface area contributed by atoms with Gasteiger partial charge in [-0.15, -0.1) is 0 Å². The van der Waals surface area contributed by atoms with Crippen molar-refractivity contribution in [2.75, 3.05) is 13.1 Å². The number of hydrogen-bond acceptors (Lipinski definition) is 2. The molecule has 3 heteroatoms. The summed E-state index contributed by atoms with van der Waals surface area (Å²) >= 11 is 0. The van der Waals surface area contributed by atoms with Crippen molar-refractivity contribution in [2.24, 2.45) is 11.8 Å². The lowest BCUT2D eigenvalue weighted by atomic mass is 9.83. The van der Waals surface area contributed by atoms with Crippen LogP contribution < -0.4 is 10.6 Å². The molecule has 3 nitrogen and oxygen atoms in total. The van der Waals surface area contributed by atoms with E-state index in [1.54, 1.807) is 0 Å². The third-order valence-corrected chi connectivity index (χ3v) is 5.07. The highest BCUT2D eigenvalue weighted by molar-refractivity contribution is 5.96. The fraction of sp³-hybridized carbons (Fsp3) is 0.611. The molecule has 1 fully saturated rings. The van der Waals surface area contributed by atoms with Crippen LogP contribution >= 0.6 is 0 Å². The fourth-order valence-corrected chi connectivity index (χ4v) is 3.61. The first kappa shape index (κ1) is 14.6. The number of fused-ring (bicyclic) bond motifs is 1. The van der Waals surface area contributed by atoms with Gasteiger partial charge >= 0.3 is 0 Å². The minimum absolute atomic E-state index is 0.118. The highest BCUT2D eigenvalue weighted by Gasteiger charge is 2.21. The number of rotatable bonds is 3. The number of nitrogens with one attached hydrogen (secondary N) is 2. The van der Waals surface area contributed by atoms with Crippen LogP contribution in [-0.4, -0.2) is 19.0 Å². The zero-order valence-electron chi connectivity index (χ0n) is 13.0. The Kier molecular flexibility index (Phi) is 4.59. The van der Waals surface area contributed by atoms with Crippen LogP contribution in [0, 0.1) is 11.8 Å². The van der Waals surface area contributed by atoms with E-state index in [0.717, 1.165) is 37.5 Å². The molecule has 21 heavy (non-hydrogen) atoms. The minimum Gasteiger partial charge on any atom is -0.352 e. The van der Waals surface area contributed by atoms with Crippen LogP contribution in [0.3, 0.4) is 0 Å². The first-order valence-electron chi connectivity index (χ1n) is 8.33. The third kappa shape index (κ3) is 3.46. The van der Waals surface area contributed by atoms with Gasteiger partial charge < -0.3 is 10.6 Å². The molecular weight excluding hydrogens is 260 g/mol. The van der Waals surface area contributed by atoms with Gasteiger partial charge in [0.15, 0.2) is 0 Å². The molecule has 0 bridgehead atoms. The SMILES string of the molecule is CC1CCC(CNC(=O)c2cccc3c2CCNC3)CC1. The molecule has 0 atom stereocenters. The number of amides is 1. The van der Waals surface area contributed by atoms with E-state index in [4.69, 9.17) is 0 Å². The first-order chi connectivity index (χ1) is 10.2. The molecule has 114 valence electrons. The van der Waals surface area contributed by atoms with Crippen LogP contribution in [0.1, 0.15) is 54.1 Å². The van der Waals surface area contributed by atoms with E-state index >= 15 is 0 Å². The monoisotopic (exact) mass is 286 g/mol. The van der Waals surface area contributed by atoms with Crippen molar-refractivity contribution in [2.45, 2.75) is 45.6 Å². The van der Waals surface area contributed by atoms with Crippen LogP contribution in [0.2, 0.25) is 0 Å². The summed E-state index contributed by atoms with van der Waals surface area (Å²) in [5, 5.41) is 6.54. The Morgan fingerprint density at radius 2 is 2.10 bits per heavy atom. The molecule has 1 aromatic rings. The molecule has 1 heterocycles. The van der Waals surface area contributed by atoms with Crippen molar-refractivity contribution in [3.05, 3.63) is 34.9 Å². The van der Waals surface area contributed by atoms with Gasteiger partial charge in [-0.1, -0.05) is 31.9 Å². The largest absolute Gasteiger partial charge is 0.352 e. The standard InChI is InChI=1S/C18H26N2O/c1-13-5-7-14(8-6-13)11-20-18(21)17-4-2-3-15-12-19-10-9-16(15)17/h2-4,13-14,19H,5-12H2,1H3,(H,20,21). The Balaban J connectivity index is 1.61. The van der Waals surface area contributed by atoms with Gasteiger partial charge in [-0.25, -0.2) is 0 Å². The van der Waals surface area contributed by atoms with Crippen LogP contribution in [0.5, 0.6) is 0 Å². The van der Waals surface area contributed by atoms with E-state index in [0.29, 0.717) is 5.92 Å². The van der Waals surface area contributed by atoms with Crippen LogP contribution in [0.15, 0.2) is 18.2 Å². The Bertz CT molecular complexity index is 504. The molecule has 0 unspecified atom stereocenters. The highest BCUT2D eigenvalue weighted by atomic mass is 16.1. The summed E-state index contributed by atoms with van der Waals surface area (Å²) < 4.78 is 0. The Hall–Kier alpha value is -1.35. The zero-order chi connectivity index (χ0) is 14.7. The zero-order valence-corrected chi connectivity index (χ0v) is 13.0. The van der Waals surface area contributed by atoms with E-state index < -0.39 is 0 Å². The molecule has 2 aliphatic rings. The van der Waals surface area contributed by atoms with Gasteiger partial charge in [-0.2, -0.15) is 0 Å². The average molecular weight is 286 g/mol. The molecule has 2 N–H and O–H groups in total. The lowest BCUT2D eigenvalue weighted by Gasteiger charge is -2.26. The number of carbonyl (C=O) groups excluding carboxylic acids is 1. The van der Waals surface area contributed by atoms with Crippen LogP contribution in [0.25, 0.3) is 0 Å². The summed E-state index contributed by atoms with van der Waals surface area (Å²) in [4.78, 5) is 12.5. The summed E-state index contributed by atoms with van der Waals surface area (Å²) in [5.41, 5.74) is 3.41. The van der Waals surface area contributed by atoms with E-state index in [1.807, 2.05) is 12.1 Å². The van der Waals surface area contributed by atoms with Crippen LogP contribution in [-0.2, 0) is 13.0 Å².